The first kappa shape index (κ1) is 12.0. The molecule has 88 valence electrons. The Bertz CT molecular complexity index is 543. The summed E-state index contributed by atoms with van der Waals surface area (Å²) in [5.41, 5.74) is 0.0354. The monoisotopic (exact) mass is 254 g/mol. The lowest BCUT2D eigenvalue weighted by molar-refractivity contribution is 0.210. The molecule has 0 radical (unpaired) electrons. The largest absolute Gasteiger partial charge is 0.383 e. The van der Waals surface area contributed by atoms with Gasteiger partial charge < -0.3 is 5.11 Å². The fourth-order valence-corrected chi connectivity index (χ4v) is 1.75. The smallest absolute Gasteiger partial charge is 0.130 e. The van der Waals surface area contributed by atoms with Crippen LogP contribution in [0.25, 0.3) is 0 Å². The van der Waals surface area contributed by atoms with Crippen molar-refractivity contribution in [2.24, 2.45) is 0 Å². The van der Waals surface area contributed by atoms with Crippen molar-refractivity contribution < 1.29 is 13.9 Å². The van der Waals surface area contributed by atoms with Gasteiger partial charge in [0.2, 0.25) is 0 Å². The van der Waals surface area contributed by atoms with Gasteiger partial charge in [0.05, 0.1) is 0 Å². The van der Waals surface area contributed by atoms with Crippen LogP contribution in [0.2, 0.25) is 5.02 Å². The summed E-state index contributed by atoms with van der Waals surface area (Å²) in [5.74, 6) is -1.23. The van der Waals surface area contributed by atoms with E-state index >= 15 is 0 Å². The SMILES string of the molecule is OC(c1ccccc1F)c1ccc(Cl)cc1F. The highest BCUT2D eigenvalue weighted by Gasteiger charge is 2.18. The van der Waals surface area contributed by atoms with E-state index in [-0.39, 0.29) is 16.1 Å². The van der Waals surface area contributed by atoms with Gasteiger partial charge in [-0.1, -0.05) is 35.9 Å². The molecular formula is C13H9ClF2O. The molecule has 0 aliphatic rings. The minimum Gasteiger partial charge on any atom is -0.383 e. The number of aliphatic hydroxyl groups excluding tert-OH is 1. The second kappa shape index (κ2) is 4.82. The minimum atomic E-state index is -1.34. The number of aliphatic hydroxyl groups is 1. The molecule has 0 spiro atoms. The Balaban J connectivity index is 2.44. The molecule has 2 aromatic rings. The van der Waals surface area contributed by atoms with E-state index in [0.29, 0.717) is 0 Å². The third-order valence-corrected chi connectivity index (χ3v) is 2.69. The van der Waals surface area contributed by atoms with Gasteiger partial charge in [-0.25, -0.2) is 8.78 Å². The Morgan fingerprint density at radius 1 is 0.941 bits per heavy atom. The average Bonchev–Trinajstić information content (AvgIpc) is 2.29. The summed E-state index contributed by atoms with van der Waals surface area (Å²) in [5, 5.41) is 10.2. The van der Waals surface area contributed by atoms with Crippen LogP contribution in [0.4, 0.5) is 8.78 Å². The minimum absolute atomic E-state index is 0.000463. The molecule has 4 heteroatoms. The molecule has 0 bridgehead atoms. The van der Waals surface area contributed by atoms with Gasteiger partial charge >= 0.3 is 0 Å². The molecule has 2 rings (SSSR count). The van der Waals surface area contributed by atoms with Crippen LogP contribution in [0.5, 0.6) is 0 Å². The molecule has 17 heavy (non-hydrogen) atoms. The maximum absolute atomic E-state index is 13.6. The van der Waals surface area contributed by atoms with Crippen LogP contribution in [0.1, 0.15) is 17.2 Å². The predicted octanol–water partition coefficient (Wildman–Crippen LogP) is 3.70. The number of benzene rings is 2. The standard InChI is InChI=1S/C13H9ClF2O/c14-8-5-6-10(12(16)7-8)13(17)9-3-1-2-4-11(9)15/h1-7,13,17H. The molecule has 0 aromatic heterocycles. The average molecular weight is 255 g/mol. The highest BCUT2D eigenvalue weighted by molar-refractivity contribution is 6.30. The molecule has 1 nitrogen and oxygen atoms in total. The summed E-state index contributed by atoms with van der Waals surface area (Å²) in [4.78, 5) is 0. The van der Waals surface area contributed by atoms with Crippen molar-refractivity contribution in [3.8, 4) is 0 Å². The first-order chi connectivity index (χ1) is 8.09. The molecule has 0 fully saturated rings. The van der Waals surface area contributed by atoms with Crippen LogP contribution < -0.4 is 0 Å². The Kier molecular flexibility index (Phi) is 3.41. The summed E-state index contributed by atoms with van der Waals surface area (Å²) in [6, 6.07) is 9.58. The third-order valence-electron chi connectivity index (χ3n) is 2.46. The quantitative estimate of drug-likeness (QED) is 0.866. The lowest BCUT2D eigenvalue weighted by atomic mass is 10.0. The molecule has 1 N–H and O–H groups in total. The van der Waals surface area contributed by atoms with Gasteiger partial charge in [0.25, 0.3) is 0 Å². The summed E-state index contributed by atoms with van der Waals surface area (Å²) in [7, 11) is 0. The molecule has 0 heterocycles. The molecule has 0 aliphatic heterocycles. The van der Waals surface area contributed by atoms with E-state index in [4.69, 9.17) is 11.6 Å². The number of hydrogen-bond donors (Lipinski definition) is 1. The van der Waals surface area contributed by atoms with Gasteiger partial charge in [0.15, 0.2) is 0 Å². The Morgan fingerprint density at radius 3 is 2.24 bits per heavy atom. The zero-order valence-electron chi connectivity index (χ0n) is 8.70. The van der Waals surface area contributed by atoms with Gasteiger partial charge in [-0.3, -0.25) is 0 Å². The van der Waals surface area contributed by atoms with Crippen LogP contribution >= 0.6 is 11.6 Å². The van der Waals surface area contributed by atoms with E-state index < -0.39 is 17.7 Å². The van der Waals surface area contributed by atoms with Gasteiger partial charge in [0.1, 0.15) is 17.7 Å². The molecule has 0 aliphatic carbocycles. The fourth-order valence-electron chi connectivity index (χ4n) is 1.59. The predicted molar refractivity (Wildman–Crippen MR) is 61.9 cm³/mol. The topological polar surface area (TPSA) is 20.2 Å². The highest BCUT2D eigenvalue weighted by Crippen LogP contribution is 2.27. The lowest BCUT2D eigenvalue weighted by Gasteiger charge is -2.13. The molecule has 0 saturated carbocycles. The fraction of sp³-hybridized carbons (Fsp3) is 0.0769. The van der Waals surface area contributed by atoms with Crippen molar-refractivity contribution in [3.05, 3.63) is 70.2 Å². The van der Waals surface area contributed by atoms with E-state index in [1.165, 1.54) is 30.3 Å². The third kappa shape index (κ3) is 2.46. The number of hydrogen-bond acceptors (Lipinski definition) is 1. The summed E-state index contributed by atoms with van der Waals surface area (Å²) < 4.78 is 27.0. The van der Waals surface area contributed by atoms with E-state index in [0.717, 1.165) is 6.07 Å². The van der Waals surface area contributed by atoms with E-state index in [9.17, 15) is 13.9 Å². The maximum Gasteiger partial charge on any atom is 0.130 e. The van der Waals surface area contributed by atoms with Crippen molar-refractivity contribution >= 4 is 11.6 Å². The van der Waals surface area contributed by atoms with Gasteiger partial charge in [0, 0.05) is 16.1 Å². The lowest BCUT2D eigenvalue weighted by Crippen LogP contribution is -2.04. The summed E-state index contributed by atoms with van der Waals surface area (Å²) in [6.07, 6.45) is -1.34. The zero-order chi connectivity index (χ0) is 12.4. The number of rotatable bonds is 2. The van der Waals surface area contributed by atoms with Crippen molar-refractivity contribution in [2.75, 3.05) is 0 Å². The molecule has 2 aromatic carbocycles. The Morgan fingerprint density at radius 2 is 1.59 bits per heavy atom. The van der Waals surface area contributed by atoms with Gasteiger partial charge in [-0.2, -0.15) is 0 Å². The van der Waals surface area contributed by atoms with Crippen LogP contribution in [0.3, 0.4) is 0 Å². The Labute approximate surface area is 102 Å². The second-order valence-electron chi connectivity index (χ2n) is 3.59. The van der Waals surface area contributed by atoms with Crippen molar-refractivity contribution in [1.82, 2.24) is 0 Å². The van der Waals surface area contributed by atoms with Crippen LogP contribution in [0, 0.1) is 11.6 Å². The van der Waals surface area contributed by atoms with Crippen molar-refractivity contribution in [2.45, 2.75) is 6.10 Å². The second-order valence-corrected chi connectivity index (χ2v) is 4.03. The van der Waals surface area contributed by atoms with Gasteiger partial charge in [-0.05, 0) is 18.2 Å². The molecule has 0 amide bonds. The Hall–Kier alpha value is -1.45. The van der Waals surface area contributed by atoms with Crippen molar-refractivity contribution in [1.29, 1.82) is 0 Å². The van der Waals surface area contributed by atoms with Crippen LogP contribution in [-0.2, 0) is 0 Å². The van der Waals surface area contributed by atoms with E-state index in [2.05, 4.69) is 0 Å². The summed E-state index contributed by atoms with van der Waals surface area (Å²) >= 11 is 5.60. The summed E-state index contributed by atoms with van der Waals surface area (Å²) in [6.45, 7) is 0. The van der Waals surface area contributed by atoms with E-state index in [1.54, 1.807) is 6.07 Å². The van der Waals surface area contributed by atoms with Crippen LogP contribution in [-0.4, -0.2) is 5.11 Å². The highest BCUT2D eigenvalue weighted by atomic mass is 35.5. The van der Waals surface area contributed by atoms with Gasteiger partial charge in [-0.15, -0.1) is 0 Å². The zero-order valence-corrected chi connectivity index (χ0v) is 9.46. The van der Waals surface area contributed by atoms with E-state index in [1.807, 2.05) is 0 Å². The first-order valence-corrected chi connectivity index (χ1v) is 5.35. The normalized spacial score (nSPS) is 12.5. The number of halogens is 3. The van der Waals surface area contributed by atoms with Crippen LogP contribution in [0.15, 0.2) is 42.5 Å². The molecular weight excluding hydrogens is 246 g/mol. The molecule has 1 unspecified atom stereocenters. The first-order valence-electron chi connectivity index (χ1n) is 4.97. The molecule has 0 saturated heterocycles. The van der Waals surface area contributed by atoms with Crippen molar-refractivity contribution in [3.63, 3.8) is 0 Å². The molecule has 1 atom stereocenters. The maximum atomic E-state index is 13.6.